The van der Waals surface area contributed by atoms with Crippen LogP contribution in [0.15, 0.2) is 0 Å². The van der Waals surface area contributed by atoms with Crippen LogP contribution in [0.1, 0.15) is 6.92 Å². The Bertz CT molecular complexity index is 163. The lowest BCUT2D eigenvalue weighted by molar-refractivity contribution is 0.310. The van der Waals surface area contributed by atoms with E-state index < -0.39 is 0 Å². The normalized spacial score (nSPS) is 19.8. The summed E-state index contributed by atoms with van der Waals surface area (Å²) in [4.78, 5) is 0. The van der Waals surface area contributed by atoms with Gasteiger partial charge in [0.2, 0.25) is 0 Å². The molecule has 1 aliphatic heterocycles. The smallest absolute Gasteiger partial charge is 0.409 e. The van der Waals surface area contributed by atoms with E-state index in [-0.39, 0.29) is 21.3 Å². The van der Waals surface area contributed by atoms with E-state index in [2.05, 4.69) is 27.1 Å². The molecule has 72 valence electrons. The topological polar surface area (TPSA) is 48.6 Å². The SMILES string of the molecule is CCOB1NB(C)NB(NC)N1C. The number of rotatable bonds is 3. The zero-order valence-corrected chi connectivity index (χ0v) is 8.79. The first-order valence-corrected chi connectivity index (χ1v) is 4.72. The van der Waals surface area contributed by atoms with Gasteiger partial charge in [-0.05, 0) is 21.0 Å². The van der Waals surface area contributed by atoms with Crippen molar-refractivity contribution in [2.24, 2.45) is 0 Å². The summed E-state index contributed by atoms with van der Waals surface area (Å²) in [6, 6.07) is 0. The Labute approximate surface area is 81.4 Å². The minimum atomic E-state index is -0.0151. The van der Waals surface area contributed by atoms with Crippen molar-refractivity contribution in [2.45, 2.75) is 13.7 Å². The van der Waals surface area contributed by atoms with Crippen molar-refractivity contribution in [1.29, 1.82) is 0 Å². The van der Waals surface area contributed by atoms with E-state index in [0.717, 1.165) is 0 Å². The summed E-state index contributed by atoms with van der Waals surface area (Å²) in [5.74, 6) is 0. The van der Waals surface area contributed by atoms with Gasteiger partial charge in [0.25, 0.3) is 6.98 Å². The summed E-state index contributed by atoms with van der Waals surface area (Å²) in [7, 11) is 4.08. The van der Waals surface area contributed by atoms with Gasteiger partial charge < -0.3 is 24.9 Å². The first-order chi connectivity index (χ1) is 6.19. The summed E-state index contributed by atoms with van der Waals surface area (Å²) in [6.07, 6.45) is 0. The number of nitrogens with one attached hydrogen (secondary N) is 3. The molecular formula is C5H17B3N4O. The van der Waals surface area contributed by atoms with E-state index in [1.807, 2.05) is 21.0 Å². The average molecular weight is 182 g/mol. The lowest BCUT2D eigenvalue weighted by atomic mass is 9.59. The molecule has 13 heavy (non-hydrogen) atoms. The first-order valence-electron chi connectivity index (χ1n) is 4.72. The van der Waals surface area contributed by atoms with Crippen molar-refractivity contribution in [1.82, 2.24) is 20.2 Å². The molecule has 1 rings (SSSR count). The molecule has 1 saturated heterocycles. The molecule has 8 heteroatoms. The lowest BCUT2D eigenvalue weighted by Crippen LogP contribution is -2.78. The monoisotopic (exact) mass is 182 g/mol. The largest absolute Gasteiger partial charge is 0.456 e. The highest BCUT2D eigenvalue weighted by Crippen LogP contribution is 1.97. The predicted octanol–water partition coefficient (Wildman–Crippen LogP) is -1.55. The van der Waals surface area contributed by atoms with Crippen LogP contribution in [0.4, 0.5) is 0 Å². The standard InChI is InChI=1S/C5H17B3N4O/c1-5-13-8-11-6(2)10-7(9-3)12(8)4/h9-11H,5H2,1-4H3. The second-order valence-electron chi connectivity index (χ2n) is 3.22. The van der Waals surface area contributed by atoms with Crippen molar-refractivity contribution < 1.29 is 4.65 Å². The zero-order chi connectivity index (χ0) is 9.84. The molecule has 5 nitrogen and oxygen atoms in total. The molecule has 1 aliphatic rings. The second kappa shape index (κ2) is 5.02. The lowest BCUT2D eigenvalue weighted by Gasteiger charge is -2.37. The van der Waals surface area contributed by atoms with Crippen LogP contribution in [0.2, 0.25) is 6.82 Å². The van der Waals surface area contributed by atoms with Crippen molar-refractivity contribution >= 4 is 21.3 Å². The summed E-state index contributed by atoms with van der Waals surface area (Å²) in [5, 5.41) is 9.78. The number of hydrogen-bond acceptors (Lipinski definition) is 5. The van der Waals surface area contributed by atoms with Gasteiger partial charge in [-0.1, -0.05) is 6.82 Å². The van der Waals surface area contributed by atoms with Gasteiger partial charge in [0.15, 0.2) is 0 Å². The van der Waals surface area contributed by atoms with E-state index in [9.17, 15) is 0 Å². The molecule has 1 fully saturated rings. The highest BCUT2D eigenvalue weighted by molar-refractivity contribution is 6.83. The van der Waals surface area contributed by atoms with Gasteiger partial charge in [0, 0.05) is 6.61 Å². The van der Waals surface area contributed by atoms with E-state index in [0.29, 0.717) is 6.61 Å². The van der Waals surface area contributed by atoms with Crippen LogP contribution in [-0.4, -0.2) is 46.7 Å². The molecule has 0 atom stereocenters. The van der Waals surface area contributed by atoms with Gasteiger partial charge >= 0.3 is 14.3 Å². The van der Waals surface area contributed by atoms with Crippen LogP contribution in [0.5, 0.6) is 0 Å². The Kier molecular flexibility index (Phi) is 4.28. The fourth-order valence-corrected chi connectivity index (χ4v) is 1.48. The first kappa shape index (κ1) is 11.1. The molecule has 0 bridgehead atoms. The van der Waals surface area contributed by atoms with Crippen LogP contribution in [0.3, 0.4) is 0 Å². The molecule has 0 aromatic carbocycles. The Morgan fingerprint density at radius 1 is 1.46 bits per heavy atom. The van der Waals surface area contributed by atoms with Gasteiger partial charge in [-0.3, -0.25) is 0 Å². The quantitative estimate of drug-likeness (QED) is 0.461. The molecule has 0 spiro atoms. The Morgan fingerprint density at radius 3 is 2.69 bits per heavy atom. The third-order valence-electron chi connectivity index (χ3n) is 2.18. The summed E-state index contributed by atoms with van der Waals surface area (Å²) >= 11 is 0. The van der Waals surface area contributed by atoms with Crippen LogP contribution < -0.4 is 15.5 Å². The Hall–Kier alpha value is -0.00519. The predicted molar refractivity (Wildman–Crippen MR) is 57.8 cm³/mol. The fourth-order valence-electron chi connectivity index (χ4n) is 1.48. The second-order valence-corrected chi connectivity index (χ2v) is 3.22. The molecule has 1 heterocycles. The van der Waals surface area contributed by atoms with E-state index in [1.165, 1.54) is 0 Å². The molecule has 0 amide bonds. The van der Waals surface area contributed by atoms with Crippen LogP contribution in [0.25, 0.3) is 0 Å². The summed E-state index contributed by atoms with van der Waals surface area (Å²) in [6.45, 7) is 5.04. The maximum atomic E-state index is 5.53. The molecule has 0 aromatic heterocycles. The van der Waals surface area contributed by atoms with Gasteiger partial charge in [-0.25, -0.2) is 0 Å². The maximum absolute atomic E-state index is 5.53. The third-order valence-corrected chi connectivity index (χ3v) is 2.18. The minimum absolute atomic E-state index is 0.0151. The molecule has 0 radical (unpaired) electrons. The molecular weight excluding hydrogens is 165 g/mol. The van der Waals surface area contributed by atoms with Crippen molar-refractivity contribution in [3.8, 4) is 0 Å². The van der Waals surface area contributed by atoms with E-state index in [4.69, 9.17) is 4.65 Å². The van der Waals surface area contributed by atoms with Gasteiger partial charge in [0.05, 0.1) is 0 Å². The van der Waals surface area contributed by atoms with E-state index >= 15 is 0 Å². The molecule has 0 aromatic rings. The fraction of sp³-hybridized carbons (Fsp3) is 1.00. The molecule has 3 N–H and O–H groups in total. The summed E-state index contributed by atoms with van der Waals surface area (Å²) in [5.41, 5.74) is 0. The zero-order valence-electron chi connectivity index (χ0n) is 8.79. The summed E-state index contributed by atoms with van der Waals surface area (Å²) < 4.78 is 7.61. The molecule has 0 unspecified atom stereocenters. The van der Waals surface area contributed by atoms with Crippen molar-refractivity contribution in [3.05, 3.63) is 0 Å². The van der Waals surface area contributed by atoms with Gasteiger partial charge in [-0.2, -0.15) is 0 Å². The van der Waals surface area contributed by atoms with Gasteiger partial charge in [-0.15, -0.1) is 0 Å². The van der Waals surface area contributed by atoms with Crippen LogP contribution in [-0.2, 0) is 4.65 Å². The van der Waals surface area contributed by atoms with Crippen LogP contribution >= 0.6 is 0 Å². The highest BCUT2D eigenvalue weighted by Gasteiger charge is 2.39. The molecule has 0 saturated carbocycles. The van der Waals surface area contributed by atoms with Gasteiger partial charge in [0.1, 0.15) is 0 Å². The van der Waals surface area contributed by atoms with Crippen LogP contribution in [0, 0.1) is 0 Å². The Balaban J connectivity index is 2.52. The van der Waals surface area contributed by atoms with Crippen molar-refractivity contribution in [3.63, 3.8) is 0 Å². The average Bonchev–Trinajstić information content (AvgIpc) is 2.11. The molecule has 0 aliphatic carbocycles. The Morgan fingerprint density at radius 2 is 2.15 bits per heavy atom. The maximum Gasteiger partial charge on any atom is 0.456 e. The van der Waals surface area contributed by atoms with Crippen molar-refractivity contribution in [2.75, 3.05) is 20.7 Å². The highest BCUT2D eigenvalue weighted by atomic mass is 16.5. The number of hydrogen-bond donors (Lipinski definition) is 3. The third kappa shape index (κ3) is 2.72. The van der Waals surface area contributed by atoms with E-state index in [1.54, 1.807) is 0 Å². The number of nitrogens with zero attached hydrogens (tertiary/aromatic N) is 1. The minimum Gasteiger partial charge on any atom is -0.409 e.